The monoisotopic (exact) mass is 398 g/mol. The van der Waals surface area contributed by atoms with Crippen LogP contribution in [-0.4, -0.2) is 53.5 Å². The molecular weight excluding hydrogens is 368 g/mol. The summed E-state index contributed by atoms with van der Waals surface area (Å²) in [6.07, 6.45) is 8.44. The molecule has 0 atom stereocenters. The number of carbonyl (C=O) groups is 1. The van der Waals surface area contributed by atoms with Gasteiger partial charge in [0, 0.05) is 20.2 Å². The lowest BCUT2D eigenvalue weighted by atomic mass is 9.98. The van der Waals surface area contributed by atoms with E-state index in [-0.39, 0.29) is 12.5 Å². The Labute approximate surface area is 162 Å². The van der Waals surface area contributed by atoms with E-state index in [0.717, 1.165) is 25.5 Å². The first kappa shape index (κ1) is 21.5. The summed E-state index contributed by atoms with van der Waals surface area (Å²) in [7, 11) is -1.82. The van der Waals surface area contributed by atoms with Crippen molar-refractivity contribution in [2.75, 3.05) is 37.4 Å². The summed E-state index contributed by atoms with van der Waals surface area (Å²) >= 11 is 0. The largest absolute Gasteiger partial charge is 0.484 e. The highest BCUT2D eigenvalue weighted by molar-refractivity contribution is 7.92. The quantitative estimate of drug-likeness (QED) is 0.612. The Morgan fingerprint density at radius 2 is 1.85 bits per heavy atom. The molecule has 8 heteroatoms. The predicted octanol–water partition coefficient (Wildman–Crippen LogP) is 2.32. The number of hydrogen-bond donors (Lipinski definition) is 1. The van der Waals surface area contributed by atoms with E-state index in [4.69, 9.17) is 9.47 Å². The Morgan fingerprint density at radius 3 is 2.48 bits per heavy atom. The molecule has 1 aromatic carbocycles. The maximum atomic E-state index is 11.8. The molecule has 1 aliphatic carbocycles. The molecule has 0 aliphatic heterocycles. The first-order valence-corrected chi connectivity index (χ1v) is 11.3. The highest BCUT2D eigenvalue weighted by atomic mass is 32.2. The molecule has 0 bridgehead atoms. The normalized spacial score (nSPS) is 15.3. The van der Waals surface area contributed by atoms with Gasteiger partial charge in [-0.3, -0.25) is 9.10 Å². The van der Waals surface area contributed by atoms with Crippen molar-refractivity contribution in [3.8, 4) is 5.75 Å². The van der Waals surface area contributed by atoms with E-state index in [0.29, 0.717) is 30.7 Å². The van der Waals surface area contributed by atoms with Crippen LogP contribution in [0.3, 0.4) is 0 Å². The minimum absolute atomic E-state index is 0.0786. The molecular formula is C19H30N2O5S. The van der Waals surface area contributed by atoms with Crippen molar-refractivity contribution in [2.45, 2.75) is 44.6 Å². The molecule has 0 heterocycles. The van der Waals surface area contributed by atoms with E-state index in [2.05, 4.69) is 5.32 Å². The summed E-state index contributed by atoms with van der Waals surface area (Å²) in [6.45, 7) is 1.15. The number of carbonyl (C=O) groups excluding carboxylic acids is 1. The van der Waals surface area contributed by atoms with Crippen molar-refractivity contribution in [3.05, 3.63) is 24.3 Å². The van der Waals surface area contributed by atoms with Crippen LogP contribution in [0.1, 0.15) is 38.5 Å². The van der Waals surface area contributed by atoms with Gasteiger partial charge in [-0.15, -0.1) is 0 Å². The topological polar surface area (TPSA) is 84.9 Å². The van der Waals surface area contributed by atoms with Gasteiger partial charge in [-0.25, -0.2) is 8.42 Å². The summed E-state index contributed by atoms with van der Waals surface area (Å²) in [5, 5.41) is 2.81. The molecule has 0 radical (unpaired) electrons. The van der Waals surface area contributed by atoms with Gasteiger partial charge in [0.05, 0.1) is 18.0 Å². The van der Waals surface area contributed by atoms with Gasteiger partial charge in [-0.05, 0) is 43.5 Å². The van der Waals surface area contributed by atoms with Crippen LogP contribution in [0.15, 0.2) is 24.3 Å². The van der Waals surface area contributed by atoms with Gasteiger partial charge in [-0.1, -0.05) is 19.3 Å². The van der Waals surface area contributed by atoms with Gasteiger partial charge in [-0.2, -0.15) is 0 Å². The van der Waals surface area contributed by atoms with Crippen molar-refractivity contribution in [3.63, 3.8) is 0 Å². The summed E-state index contributed by atoms with van der Waals surface area (Å²) in [5.41, 5.74) is 0.535. The minimum atomic E-state index is -3.30. The second-order valence-corrected chi connectivity index (χ2v) is 8.86. The number of nitrogens with one attached hydrogen (secondary N) is 1. The number of sulfonamides is 1. The molecule has 1 aliphatic rings. The molecule has 1 saturated carbocycles. The average Bonchev–Trinajstić information content (AvgIpc) is 2.66. The molecule has 152 valence electrons. The third-order valence-corrected chi connectivity index (χ3v) is 5.82. The Balaban J connectivity index is 1.61. The van der Waals surface area contributed by atoms with Gasteiger partial charge in [0.15, 0.2) is 6.61 Å². The lowest BCUT2D eigenvalue weighted by Crippen LogP contribution is -2.30. The van der Waals surface area contributed by atoms with Crippen LogP contribution in [0.25, 0.3) is 0 Å². The molecule has 0 aromatic heterocycles. The summed E-state index contributed by atoms with van der Waals surface area (Å²) in [6, 6.07) is 6.55. The summed E-state index contributed by atoms with van der Waals surface area (Å²) in [5.74, 6) is 0.321. The Hall–Kier alpha value is -1.80. The predicted molar refractivity (Wildman–Crippen MR) is 106 cm³/mol. The standard InChI is InChI=1S/C19H30N2O5S/c1-21(27(2,23)24)16-9-11-18(12-10-16)26-15-19(22)20-13-6-14-25-17-7-4-3-5-8-17/h9-12,17H,3-8,13-15H2,1-2H3,(H,20,22). The second kappa shape index (κ2) is 10.5. The Bertz CT molecular complexity index is 685. The van der Waals surface area contributed by atoms with Gasteiger partial charge >= 0.3 is 0 Å². The van der Waals surface area contributed by atoms with Crippen LogP contribution in [0, 0.1) is 0 Å². The van der Waals surface area contributed by atoms with E-state index >= 15 is 0 Å². The van der Waals surface area contributed by atoms with Crippen molar-refractivity contribution >= 4 is 21.6 Å². The smallest absolute Gasteiger partial charge is 0.257 e. The summed E-state index contributed by atoms with van der Waals surface area (Å²) in [4.78, 5) is 11.8. The zero-order chi connectivity index (χ0) is 19.7. The van der Waals surface area contributed by atoms with Crippen LogP contribution in [0.5, 0.6) is 5.75 Å². The Morgan fingerprint density at radius 1 is 1.19 bits per heavy atom. The zero-order valence-corrected chi connectivity index (χ0v) is 17.0. The number of anilines is 1. The van der Waals surface area contributed by atoms with E-state index < -0.39 is 10.0 Å². The lowest BCUT2D eigenvalue weighted by Gasteiger charge is -2.21. The van der Waals surface area contributed by atoms with E-state index in [1.54, 1.807) is 24.3 Å². The second-order valence-electron chi connectivity index (χ2n) is 6.85. The SMILES string of the molecule is CN(c1ccc(OCC(=O)NCCCOC2CCCCC2)cc1)S(C)(=O)=O. The maximum Gasteiger partial charge on any atom is 0.257 e. The van der Waals surface area contributed by atoms with Crippen molar-refractivity contribution in [1.82, 2.24) is 5.32 Å². The summed E-state index contributed by atoms with van der Waals surface area (Å²) < 4.78 is 35.4. The molecule has 0 saturated heterocycles. The molecule has 1 aromatic rings. The van der Waals surface area contributed by atoms with Crippen molar-refractivity contribution in [2.24, 2.45) is 0 Å². The molecule has 1 N–H and O–H groups in total. The fourth-order valence-corrected chi connectivity index (χ4v) is 3.43. The van der Waals surface area contributed by atoms with Crippen LogP contribution in [0.2, 0.25) is 0 Å². The van der Waals surface area contributed by atoms with Crippen LogP contribution in [0.4, 0.5) is 5.69 Å². The minimum Gasteiger partial charge on any atom is -0.484 e. The van der Waals surface area contributed by atoms with Gasteiger partial charge in [0.1, 0.15) is 5.75 Å². The lowest BCUT2D eigenvalue weighted by molar-refractivity contribution is -0.123. The first-order chi connectivity index (χ1) is 12.9. The van der Waals surface area contributed by atoms with E-state index in [9.17, 15) is 13.2 Å². The number of amides is 1. The Kier molecular flexibility index (Phi) is 8.37. The third kappa shape index (κ3) is 7.76. The van der Waals surface area contributed by atoms with Gasteiger partial charge in [0.25, 0.3) is 5.91 Å². The number of rotatable bonds is 10. The number of benzene rings is 1. The highest BCUT2D eigenvalue weighted by Crippen LogP contribution is 2.21. The molecule has 1 fully saturated rings. The zero-order valence-electron chi connectivity index (χ0n) is 16.1. The van der Waals surface area contributed by atoms with Crippen LogP contribution < -0.4 is 14.4 Å². The molecule has 7 nitrogen and oxygen atoms in total. The average molecular weight is 399 g/mol. The molecule has 27 heavy (non-hydrogen) atoms. The number of hydrogen-bond acceptors (Lipinski definition) is 5. The fourth-order valence-electron chi connectivity index (χ4n) is 2.93. The van der Waals surface area contributed by atoms with Crippen molar-refractivity contribution in [1.29, 1.82) is 0 Å². The molecule has 2 rings (SSSR count). The van der Waals surface area contributed by atoms with Crippen LogP contribution in [-0.2, 0) is 19.6 Å². The van der Waals surface area contributed by atoms with Gasteiger partial charge < -0.3 is 14.8 Å². The first-order valence-electron chi connectivity index (χ1n) is 9.41. The molecule has 0 spiro atoms. The number of ether oxygens (including phenoxy) is 2. The highest BCUT2D eigenvalue weighted by Gasteiger charge is 2.13. The number of nitrogens with zero attached hydrogens (tertiary/aromatic N) is 1. The van der Waals surface area contributed by atoms with Gasteiger partial charge in [0.2, 0.25) is 10.0 Å². The molecule has 1 amide bonds. The third-order valence-electron chi connectivity index (χ3n) is 4.62. The van der Waals surface area contributed by atoms with E-state index in [1.165, 1.54) is 30.6 Å². The maximum absolute atomic E-state index is 11.8. The van der Waals surface area contributed by atoms with Crippen molar-refractivity contribution < 1.29 is 22.7 Å². The fraction of sp³-hybridized carbons (Fsp3) is 0.632. The van der Waals surface area contributed by atoms with E-state index in [1.807, 2.05) is 0 Å². The van der Waals surface area contributed by atoms with Crippen LogP contribution >= 0.6 is 0 Å². The molecule has 0 unspecified atom stereocenters.